The molecule has 1 fully saturated rings. The zero-order chi connectivity index (χ0) is 18.9. The molecule has 27 heavy (non-hydrogen) atoms. The second-order valence-corrected chi connectivity index (χ2v) is 8.09. The Bertz CT molecular complexity index is 688. The molecule has 0 spiro atoms. The van der Waals surface area contributed by atoms with Crippen molar-refractivity contribution in [2.24, 2.45) is 5.92 Å². The first-order chi connectivity index (χ1) is 13.3. The number of allylic oxidation sites excluding steroid dienone is 2. The summed E-state index contributed by atoms with van der Waals surface area (Å²) < 4.78 is 12.0. The van der Waals surface area contributed by atoms with E-state index in [9.17, 15) is 4.39 Å². The van der Waals surface area contributed by atoms with Crippen molar-refractivity contribution in [1.29, 1.82) is 0 Å². The highest BCUT2D eigenvalue weighted by Crippen LogP contribution is 2.38. The minimum absolute atomic E-state index is 0.230. The van der Waals surface area contributed by atoms with Crippen LogP contribution in [0, 0.1) is 12.8 Å². The number of unbranched alkanes of at least 4 members (excludes halogenated alkanes) is 1. The fourth-order valence-corrected chi connectivity index (χ4v) is 4.30. The highest BCUT2D eigenvalue weighted by molar-refractivity contribution is 5.64. The van der Waals surface area contributed by atoms with E-state index < -0.39 is 0 Å². The van der Waals surface area contributed by atoms with Gasteiger partial charge in [0.1, 0.15) is 0 Å². The summed E-state index contributed by atoms with van der Waals surface area (Å²) in [5.74, 6) is 1.63. The molecule has 0 N–H and O–H groups in total. The van der Waals surface area contributed by atoms with E-state index in [0.29, 0.717) is 6.42 Å². The SMILES string of the molecule is Cc1ccc(-c2ccc([C@H]3CC[C@H](CCC/C=C/CCF)CC3)cc2)cc1. The Hall–Kier alpha value is -1.89. The largest absolute Gasteiger partial charge is 0.251 e. The van der Waals surface area contributed by atoms with Crippen LogP contribution in [-0.2, 0) is 0 Å². The summed E-state index contributed by atoms with van der Waals surface area (Å²) in [6.07, 6.45) is 13.8. The van der Waals surface area contributed by atoms with E-state index in [1.54, 1.807) is 0 Å². The molecule has 0 aromatic heterocycles. The van der Waals surface area contributed by atoms with E-state index in [2.05, 4.69) is 61.5 Å². The molecule has 2 aromatic rings. The summed E-state index contributed by atoms with van der Waals surface area (Å²) in [5.41, 5.74) is 5.44. The van der Waals surface area contributed by atoms with Crippen molar-refractivity contribution in [3.05, 3.63) is 71.8 Å². The van der Waals surface area contributed by atoms with Crippen LogP contribution < -0.4 is 0 Å². The van der Waals surface area contributed by atoms with Gasteiger partial charge in [-0.05, 0) is 80.4 Å². The molecule has 0 nitrogen and oxygen atoms in total. The Morgan fingerprint density at radius 2 is 1.41 bits per heavy atom. The molecular formula is C26H33F. The maximum Gasteiger partial charge on any atom is 0.0928 e. The van der Waals surface area contributed by atoms with Gasteiger partial charge in [0.05, 0.1) is 6.67 Å². The Morgan fingerprint density at radius 1 is 0.815 bits per heavy atom. The van der Waals surface area contributed by atoms with Crippen molar-refractivity contribution < 1.29 is 4.39 Å². The number of benzene rings is 2. The molecule has 0 unspecified atom stereocenters. The van der Waals surface area contributed by atoms with Gasteiger partial charge < -0.3 is 0 Å². The average molecular weight is 365 g/mol. The zero-order valence-corrected chi connectivity index (χ0v) is 16.7. The van der Waals surface area contributed by atoms with Gasteiger partial charge in [-0.2, -0.15) is 0 Å². The molecule has 2 aromatic carbocycles. The summed E-state index contributed by atoms with van der Waals surface area (Å²) in [7, 11) is 0. The van der Waals surface area contributed by atoms with Crippen molar-refractivity contribution in [2.45, 2.75) is 64.2 Å². The summed E-state index contributed by atoms with van der Waals surface area (Å²) >= 11 is 0. The summed E-state index contributed by atoms with van der Waals surface area (Å²) in [4.78, 5) is 0. The normalized spacial score (nSPS) is 20.2. The minimum Gasteiger partial charge on any atom is -0.251 e. The van der Waals surface area contributed by atoms with Crippen LogP contribution in [0.15, 0.2) is 60.7 Å². The molecule has 0 saturated heterocycles. The Labute approximate surface area is 164 Å². The first-order valence-electron chi connectivity index (χ1n) is 10.6. The van der Waals surface area contributed by atoms with E-state index in [4.69, 9.17) is 0 Å². The molecule has 1 saturated carbocycles. The predicted molar refractivity (Wildman–Crippen MR) is 115 cm³/mol. The minimum atomic E-state index is -0.230. The molecule has 1 aliphatic carbocycles. The monoisotopic (exact) mass is 364 g/mol. The van der Waals surface area contributed by atoms with Gasteiger partial charge >= 0.3 is 0 Å². The van der Waals surface area contributed by atoms with Gasteiger partial charge in [0.2, 0.25) is 0 Å². The average Bonchev–Trinajstić information content (AvgIpc) is 2.72. The van der Waals surface area contributed by atoms with Gasteiger partial charge in [-0.1, -0.05) is 72.7 Å². The maximum absolute atomic E-state index is 12.0. The Balaban J connectivity index is 1.45. The van der Waals surface area contributed by atoms with Gasteiger partial charge in [-0.3, -0.25) is 4.39 Å². The smallest absolute Gasteiger partial charge is 0.0928 e. The van der Waals surface area contributed by atoms with E-state index in [1.165, 1.54) is 60.8 Å². The molecule has 0 bridgehead atoms. The second-order valence-electron chi connectivity index (χ2n) is 8.09. The van der Waals surface area contributed by atoms with Crippen LogP contribution in [0.3, 0.4) is 0 Å². The van der Waals surface area contributed by atoms with Crippen molar-refractivity contribution >= 4 is 0 Å². The number of hydrogen-bond acceptors (Lipinski definition) is 0. The van der Waals surface area contributed by atoms with E-state index in [0.717, 1.165) is 18.3 Å². The number of rotatable bonds is 8. The molecular weight excluding hydrogens is 331 g/mol. The van der Waals surface area contributed by atoms with Crippen LogP contribution in [0.5, 0.6) is 0 Å². The quantitative estimate of drug-likeness (QED) is 0.328. The highest BCUT2D eigenvalue weighted by atomic mass is 19.1. The van der Waals surface area contributed by atoms with Crippen LogP contribution in [0.25, 0.3) is 11.1 Å². The van der Waals surface area contributed by atoms with Gasteiger partial charge in [-0.15, -0.1) is 0 Å². The summed E-state index contributed by atoms with van der Waals surface area (Å²) in [6, 6.07) is 18.0. The van der Waals surface area contributed by atoms with Crippen LogP contribution in [0.4, 0.5) is 4.39 Å². The predicted octanol–water partition coefficient (Wildman–Crippen LogP) is 8.02. The Morgan fingerprint density at radius 3 is 2.04 bits per heavy atom. The molecule has 3 rings (SSSR count). The van der Waals surface area contributed by atoms with Crippen molar-refractivity contribution in [3.8, 4) is 11.1 Å². The lowest BCUT2D eigenvalue weighted by molar-refractivity contribution is 0.305. The topological polar surface area (TPSA) is 0 Å². The molecule has 0 amide bonds. The van der Waals surface area contributed by atoms with Crippen LogP contribution >= 0.6 is 0 Å². The molecule has 0 heterocycles. The van der Waals surface area contributed by atoms with E-state index in [1.807, 2.05) is 6.08 Å². The first kappa shape index (κ1) is 19.9. The van der Waals surface area contributed by atoms with Crippen molar-refractivity contribution in [3.63, 3.8) is 0 Å². The van der Waals surface area contributed by atoms with Gasteiger partial charge in [0.25, 0.3) is 0 Å². The van der Waals surface area contributed by atoms with E-state index >= 15 is 0 Å². The molecule has 0 aliphatic heterocycles. The van der Waals surface area contributed by atoms with Gasteiger partial charge in [0, 0.05) is 0 Å². The molecule has 0 radical (unpaired) electrons. The van der Waals surface area contributed by atoms with Crippen molar-refractivity contribution in [2.75, 3.05) is 6.67 Å². The number of hydrogen-bond donors (Lipinski definition) is 0. The van der Waals surface area contributed by atoms with Gasteiger partial charge in [-0.25, -0.2) is 0 Å². The molecule has 144 valence electrons. The highest BCUT2D eigenvalue weighted by Gasteiger charge is 2.21. The third-order valence-electron chi connectivity index (χ3n) is 6.04. The maximum atomic E-state index is 12.0. The first-order valence-corrected chi connectivity index (χ1v) is 10.6. The number of aryl methyl sites for hydroxylation is 1. The second kappa shape index (κ2) is 10.4. The molecule has 1 aliphatic rings. The van der Waals surface area contributed by atoms with Crippen molar-refractivity contribution in [1.82, 2.24) is 0 Å². The van der Waals surface area contributed by atoms with E-state index in [-0.39, 0.29) is 6.67 Å². The molecule has 0 atom stereocenters. The lowest BCUT2D eigenvalue weighted by atomic mass is 9.77. The lowest BCUT2D eigenvalue weighted by Gasteiger charge is -2.29. The third kappa shape index (κ3) is 6.06. The fraction of sp³-hybridized carbons (Fsp3) is 0.462. The van der Waals surface area contributed by atoms with Crippen LogP contribution in [0.1, 0.15) is 68.4 Å². The lowest BCUT2D eigenvalue weighted by Crippen LogP contribution is -2.13. The fourth-order valence-electron chi connectivity index (χ4n) is 4.30. The standard InChI is InChI=1S/C26H33F/c1-21-8-12-23(13-9-21)25-16-18-26(19-17-25)24-14-10-22(11-15-24)7-5-3-2-4-6-20-27/h2,4,8-9,12-13,16-19,22,24H,3,5-7,10-11,14-15,20H2,1H3/b4-2+/t22-,24-. The zero-order valence-electron chi connectivity index (χ0n) is 16.7. The summed E-state index contributed by atoms with van der Waals surface area (Å²) in [6.45, 7) is 1.90. The Kier molecular flexibility index (Phi) is 7.68. The third-order valence-corrected chi connectivity index (χ3v) is 6.04. The van der Waals surface area contributed by atoms with Crippen LogP contribution in [-0.4, -0.2) is 6.67 Å². The number of alkyl halides is 1. The number of halogens is 1. The summed E-state index contributed by atoms with van der Waals surface area (Å²) in [5, 5.41) is 0. The molecule has 1 heteroatoms. The van der Waals surface area contributed by atoms with Gasteiger partial charge in [0.15, 0.2) is 0 Å². The van der Waals surface area contributed by atoms with Crippen LogP contribution in [0.2, 0.25) is 0 Å².